The molecule has 6 heteroatoms. The van der Waals surface area contributed by atoms with Crippen LogP contribution in [0.2, 0.25) is 0 Å². The second-order valence-corrected chi connectivity index (χ2v) is 6.64. The topological polar surface area (TPSA) is 70.0 Å². The molecule has 0 aliphatic carbocycles. The molecule has 1 unspecified atom stereocenters. The minimum Gasteiger partial charge on any atom is -0.208 e. The van der Waals surface area contributed by atoms with Crippen molar-refractivity contribution in [2.75, 3.05) is 12.0 Å². The van der Waals surface area contributed by atoms with E-state index in [1.807, 2.05) is 19.2 Å². The van der Waals surface area contributed by atoms with Crippen molar-refractivity contribution in [2.24, 2.45) is 0 Å². The zero-order valence-electron chi connectivity index (χ0n) is 10.4. The lowest BCUT2D eigenvalue weighted by molar-refractivity contribution is 0.557. The molecule has 0 heterocycles. The van der Waals surface area contributed by atoms with E-state index in [1.165, 1.54) is 12.1 Å². The van der Waals surface area contributed by atoms with Gasteiger partial charge >= 0.3 is 0 Å². The summed E-state index contributed by atoms with van der Waals surface area (Å²) in [4.78, 5) is 0.137. The van der Waals surface area contributed by atoms with Gasteiger partial charge in [0.2, 0.25) is 10.0 Å². The van der Waals surface area contributed by atoms with Gasteiger partial charge in [-0.25, -0.2) is 13.1 Å². The lowest BCUT2D eigenvalue weighted by Gasteiger charge is -2.13. The Balaban J connectivity index is 2.83. The van der Waals surface area contributed by atoms with E-state index in [0.717, 1.165) is 12.2 Å². The van der Waals surface area contributed by atoms with E-state index < -0.39 is 10.0 Å². The van der Waals surface area contributed by atoms with Gasteiger partial charge in [-0.15, -0.1) is 0 Å². The first-order valence-corrected chi connectivity index (χ1v) is 8.38. The highest BCUT2D eigenvalue weighted by molar-refractivity contribution is 7.98. The molecule has 0 spiro atoms. The molecule has 0 bridgehead atoms. The van der Waals surface area contributed by atoms with Gasteiger partial charge in [0.1, 0.15) is 0 Å². The van der Waals surface area contributed by atoms with Crippen LogP contribution in [-0.2, 0) is 10.0 Å². The molecular weight excluding hydrogens is 268 g/mol. The van der Waals surface area contributed by atoms with Crippen LogP contribution in [0.4, 0.5) is 0 Å². The number of benzene rings is 1. The van der Waals surface area contributed by atoms with Crippen molar-refractivity contribution in [3.05, 3.63) is 29.8 Å². The van der Waals surface area contributed by atoms with Crippen LogP contribution in [0.1, 0.15) is 18.9 Å². The predicted octanol–water partition coefficient (Wildman–Crippen LogP) is 1.98. The molecule has 0 saturated heterocycles. The van der Waals surface area contributed by atoms with Gasteiger partial charge in [-0.2, -0.15) is 17.0 Å². The number of nitriles is 1. The van der Waals surface area contributed by atoms with Crippen LogP contribution in [0.5, 0.6) is 0 Å². The standard InChI is InChI=1S/C12H16N2O2S2/c1-10(6-7-17-2)14-18(15,16)12-5-3-4-11(8-12)9-13/h3-5,8,10,14H,6-7H2,1-2H3. The van der Waals surface area contributed by atoms with Gasteiger partial charge in [0.05, 0.1) is 16.5 Å². The molecule has 0 amide bonds. The van der Waals surface area contributed by atoms with Crippen molar-refractivity contribution in [2.45, 2.75) is 24.3 Å². The molecular formula is C12H16N2O2S2. The van der Waals surface area contributed by atoms with Gasteiger partial charge < -0.3 is 0 Å². The third-order valence-electron chi connectivity index (χ3n) is 2.38. The molecule has 1 aromatic rings. The van der Waals surface area contributed by atoms with Crippen LogP contribution in [-0.4, -0.2) is 26.5 Å². The van der Waals surface area contributed by atoms with E-state index in [1.54, 1.807) is 23.9 Å². The highest BCUT2D eigenvalue weighted by atomic mass is 32.2. The van der Waals surface area contributed by atoms with Crippen LogP contribution in [0.15, 0.2) is 29.2 Å². The lowest BCUT2D eigenvalue weighted by Crippen LogP contribution is -2.33. The second-order valence-electron chi connectivity index (χ2n) is 3.94. The van der Waals surface area contributed by atoms with Gasteiger partial charge in [0.15, 0.2) is 0 Å². The average molecular weight is 284 g/mol. The maximum atomic E-state index is 12.0. The molecule has 0 aliphatic heterocycles. The van der Waals surface area contributed by atoms with Crippen molar-refractivity contribution < 1.29 is 8.42 Å². The minimum absolute atomic E-state index is 0.117. The van der Waals surface area contributed by atoms with Gasteiger partial charge in [-0.3, -0.25) is 0 Å². The Labute approximate surface area is 112 Å². The molecule has 4 nitrogen and oxygen atoms in total. The first-order valence-electron chi connectivity index (χ1n) is 5.51. The van der Waals surface area contributed by atoms with E-state index in [2.05, 4.69) is 4.72 Å². The zero-order chi connectivity index (χ0) is 13.6. The predicted molar refractivity (Wildman–Crippen MR) is 73.9 cm³/mol. The Morgan fingerprint density at radius 3 is 2.83 bits per heavy atom. The number of hydrogen-bond donors (Lipinski definition) is 1. The summed E-state index contributed by atoms with van der Waals surface area (Å²) < 4.78 is 26.7. The fourth-order valence-corrected chi connectivity index (χ4v) is 3.33. The van der Waals surface area contributed by atoms with Crippen LogP contribution < -0.4 is 4.72 Å². The second kappa shape index (κ2) is 6.78. The van der Waals surface area contributed by atoms with Crippen LogP contribution in [0.3, 0.4) is 0 Å². The third kappa shape index (κ3) is 4.33. The smallest absolute Gasteiger partial charge is 0.208 e. The third-order valence-corrected chi connectivity index (χ3v) is 4.62. The molecule has 0 aromatic heterocycles. The summed E-state index contributed by atoms with van der Waals surface area (Å²) in [5.41, 5.74) is 0.342. The Kier molecular flexibility index (Phi) is 5.66. The zero-order valence-corrected chi connectivity index (χ0v) is 12.0. The number of sulfonamides is 1. The number of nitrogens with one attached hydrogen (secondary N) is 1. The van der Waals surface area contributed by atoms with Crippen molar-refractivity contribution in [3.8, 4) is 6.07 Å². The Bertz CT molecular complexity index is 535. The quantitative estimate of drug-likeness (QED) is 0.867. The molecule has 0 fully saturated rings. The van der Waals surface area contributed by atoms with Crippen molar-refractivity contribution in [3.63, 3.8) is 0 Å². The first kappa shape index (κ1) is 15.0. The molecule has 0 saturated carbocycles. The molecule has 0 radical (unpaired) electrons. The normalized spacial score (nSPS) is 12.9. The van der Waals surface area contributed by atoms with E-state index in [-0.39, 0.29) is 10.9 Å². The summed E-state index contributed by atoms with van der Waals surface area (Å²) in [5, 5.41) is 8.76. The molecule has 1 aromatic carbocycles. The summed E-state index contributed by atoms with van der Waals surface area (Å²) in [6.07, 6.45) is 2.76. The minimum atomic E-state index is -3.53. The molecule has 18 heavy (non-hydrogen) atoms. The van der Waals surface area contributed by atoms with Gasteiger partial charge in [0, 0.05) is 6.04 Å². The van der Waals surface area contributed by atoms with E-state index >= 15 is 0 Å². The summed E-state index contributed by atoms with van der Waals surface area (Å²) in [6.45, 7) is 1.84. The lowest BCUT2D eigenvalue weighted by atomic mass is 10.2. The van der Waals surface area contributed by atoms with Crippen LogP contribution in [0, 0.1) is 11.3 Å². The highest BCUT2D eigenvalue weighted by Gasteiger charge is 2.17. The van der Waals surface area contributed by atoms with Crippen LogP contribution in [0.25, 0.3) is 0 Å². The van der Waals surface area contributed by atoms with Crippen molar-refractivity contribution in [1.82, 2.24) is 4.72 Å². The molecule has 98 valence electrons. The van der Waals surface area contributed by atoms with Crippen molar-refractivity contribution in [1.29, 1.82) is 5.26 Å². The van der Waals surface area contributed by atoms with Crippen molar-refractivity contribution >= 4 is 21.8 Å². The largest absolute Gasteiger partial charge is 0.240 e. The Morgan fingerprint density at radius 1 is 1.50 bits per heavy atom. The number of thioether (sulfide) groups is 1. The maximum Gasteiger partial charge on any atom is 0.240 e. The fraction of sp³-hybridized carbons (Fsp3) is 0.417. The molecule has 0 aliphatic rings. The number of rotatable bonds is 6. The summed E-state index contributed by atoms with van der Waals surface area (Å²) in [5.74, 6) is 0.905. The van der Waals surface area contributed by atoms with Gasteiger partial charge in [0.25, 0.3) is 0 Å². The van der Waals surface area contributed by atoms with Gasteiger partial charge in [-0.1, -0.05) is 6.07 Å². The van der Waals surface area contributed by atoms with E-state index in [0.29, 0.717) is 5.56 Å². The average Bonchev–Trinajstić information content (AvgIpc) is 2.36. The first-order chi connectivity index (χ1) is 8.49. The summed E-state index contributed by atoms with van der Waals surface area (Å²) >= 11 is 1.68. The molecule has 1 atom stereocenters. The number of nitrogens with zero attached hydrogens (tertiary/aromatic N) is 1. The number of hydrogen-bond acceptors (Lipinski definition) is 4. The Hall–Kier alpha value is -1.03. The fourth-order valence-electron chi connectivity index (χ4n) is 1.42. The molecule has 1 rings (SSSR count). The summed E-state index contributed by atoms with van der Waals surface area (Å²) in [6, 6.07) is 7.83. The molecule has 1 N–H and O–H groups in total. The maximum absolute atomic E-state index is 12.0. The van der Waals surface area contributed by atoms with E-state index in [9.17, 15) is 8.42 Å². The highest BCUT2D eigenvalue weighted by Crippen LogP contribution is 2.12. The SMILES string of the molecule is CSCCC(C)NS(=O)(=O)c1cccc(C#N)c1. The summed E-state index contributed by atoms with van der Waals surface area (Å²) in [7, 11) is -3.53. The van der Waals surface area contributed by atoms with Crippen LogP contribution >= 0.6 is 11.8 Å². The van der Waals surface area contributed by atoms with E-state index in [4.69, 9.17) is 5.26 Å². The van der Waals surface area contributed by atoms with Gasteiger partial charge in [-0.05, 0) is 43.6 Å². The monoisotopic (exact) mass is 284 g/mol. The Morgan fingerprint density at radius 2 is 2.22 bits per heavy atom.